The summed E-state index contributed by atoms with van der Waals surface area (Å²) in [5.41, 5.74) is 5.55. The first-order chi connectivity index (χ1) is 14.0. The molecule has 150 valence electrons. The second-order valence-electron chi connectivity index (χ2n) is 6.56. The van der Waals surface area contributed by atoms with Gasteiger partial charge < -0.3 is 21.3 Å². The largest absolute Gasteiger partial charge is 0.382 e. The van der Waals surface area contributed by atoms with Gasteiger partial charge in [-0.1, -0.05) is 12.1 Å². The van der Waals surface area contributed by atoms with Gasteiger partial charge in [-0.25, -0.2) is 14.4 Å². The Morgan fingerprint density at radius 2 is 2.14 bits per heavy atom. The summed E-state index contributed by atoms with van der Waals surface area (Å²) >= 11 is 0. The van der Waals surface area contributed by atoms with Crippen LogP contribution in [0.4, 0.5) is 21.7 Å². The molecule has 1 unspecified atom stereocenters. The Labute approximate surface area is 168 Å². The predicted octanol–water partition coefficient (Wildman–Crippen LogP) is 2.23. The molecular formula is C20H22FN7O. The molecule has 4 N–H and O–H groups in total. The fourth-order valence-electron chi connectivity index (χ4n) is 3.29. The molecule has 9 heteroatoms. The Morgan fingerprint density at radius 1 is 1.38 bits per heavy atom. The number of rotatable bonds is 6. The van der Waals surface area contributed by atoms with Gasteiger partial charge in [0.25, 0.3) is 5.91 Å². The van der Waals surface area contributed by atoms with Gasteiger partial charge in [-0.05, 0) is 32.1 Å². The second-order valence-corrected chi connectivity index (χ2v) is 6.56. The van der Waals surface area contributed by atoms with E-state index in [9.17, 15) is 14.4 Å². The topological polar surface area (TPSA) is 120 Å². The van der Waals surface area contributed by atoms with E-state index in [0.29, 0.717) is 24.3 Å². The number of aromatic nitrogens is 2. The van der Waals surface area contributed by atoms with E-state index in [2.05, 4.69) is 20.6 Å². The number of hydrogen-bond donors (Lipinski definition) is 3. The van der Waals surface area contributed by atoms with E-state index in [0.717, 1.165) is 0 Å². The highest BCUT2D eigenvalue weighted by atomic mass is 19.1. The zero-order chi connectivity index (χ0) is 21.0. The van der Waals surface area contributed by atoms with Crippen LogP contribution >= 0.6 is 0 Å². The third-order valence-corrected chi connectivity index (χ3v) is 4.90. The minimum absolute atomic E-state index is 0.0497. The highest BCUT2D eigenvalue weighted by Gasteiger charge is 2.41. The smallest absolute Gasteiger partial charge is 0.254 e. The van der Waals surface area contributed by atoms with E-state index >= 15 is 0 Å². The number of carbonyl (C=O) groups is 1. The summed E-state index contributed by atoms with van der Waals surface area (Å²) in [6.07, 6.45) is 4.48. The molecule has 0 saturated carbocycles. The van der Waals surface area contributed by atoms with Crippen molar-refractivity contribution in [2.24, 2.45) is 0 Å². The Hall–Kier alpha value is -3.67. The average Bonchev–Trinajstić information content (AvgIpc) is 2.73. The van der Waals surface area contributed by atoms with Gasteiger partial charge in [0.2, 0.25) is 0 Å². The summed E-state index contributed by atoms with van der Waals surface area (Å²) in [7, 11) is 0. The summed E-state index contributed by atoms with van der Waals surface area (Å²) in [4.78, 5) is 22.9. The highest BCUT2D eigenvalue weighted by Crippen LogP contribution is 2.32. The molecule has 1 aliphatic heterocycles. The number of halogens is 1. The fourth-order valence-corrected chi connectivity index (χ4v) is 3.29. The number of nitriles is 1. The molecule has 1 amide bonds. The summed E-state index contributed by atoms with van der Waals surface area (Å²) in [5.74, 6) is -0.277. The summed E-state index contributed by atoms with van der Waals surface area (Å²) in [6.45, 7) is 4.89. The first-order valence-corrected chi connectivity index (χ1v) is 9.25. The van der Waals surface area contributed by atoms with Crippen molar-refractivity contribution in [2.75, 3.05) is 36.0 Å². The van der Waals surface area contributed by atoms with E-state index in [-0.39, 0.29) is 35.5 Å². The van der Waals surface area contributed by atoms with Crippen LogP contribution in [0.5, 0.6) is 0 Å². The number of amides is 1. The quantitative estimate of drug-likeness (QED) is 0.686. The lowest BCUT2D eigenvalue weighted by Crippen LogP contribution is -2.57. The number of nitrogen functional groups attached to an aromatic ring is 1. The van der Waals surface area contributed by atoms with Crippen molar-refractivity contribution >= 4 is 29.3 Å². The molecule has 1 atom stereocenters. The fraction of sp³-hybridized carbons (Fsp3) is 0.300. The number of anilines is 3. The minimum Gasteiger partial charge on any atom is -0.382 e. The van der Waals surface area contributed by atoms with Crippen LogP contribution in [0.3, 0.4) is 0 Å². The van der Waals surface area contributed by atoms with Gasteiger partial charge in [0, 0.05) is 24.3 Å². The SMILES string of the molecule is CCN(CC)C(=O)C1(CNc2ncnc(N)c2C#N)C=Cc2c(F)cccc2N1. The molecule has 0 saturated heterocycles. The molecule has 29 heavy (non-hydrogen) atoms. The zero-order valence-electron chi connectivity index (χ0n) is 16.2. The zero-order valence-corrected chi connectivity index (χ0v) is 16.2. The Morgan fingerprint density at radius 3 is 2.83 bits per heavy atom. The van der Waals surface area contributed by atoms with Gasteiger partial charge in [0.15, 0.2) is 5.54 Å². The second kappa shape index (κ2) is 8.14. The predicted molar refractivity (Wildman–Crippen MR) is 109 cm³/mol. The molecule has 8 nitrogen and oxygen atoms in total. The number of fused-ring (bicyclic) bond motifs is 1. The maximum absolute atomic E-state index is 14.1. The van der Waals surface area contributed by atoms with Gasteiger partial charge in [0.05, 0.1) is 6.54 Å². The highest BCUT2D eigenvalue weighted by molar-refractivity contribution is 5.96. The van der Waals surface area contributed by atoms with Crippen molar-refractivity contribution in [2.45, 2.75) is 19.4 Å². The van der Waals surface area contributed by atoms with Gasteiger partial charge in [-0.2, -0.15) is 5.26 Å². The lowest BCUT2D eigenvalue weighted by atomic mass is 9.90. The minimum atomic E-state index is -1.20. The summed E-state index contributed by atoms with van der Waals surface area (Å²) in [5, 5.41) is 15.6. The van der Waals surface area contributed by atoms with E-state index in [4.69, 9.17) is 5.73 Å². The molecule has 0 bridgehead atoms. The molecular weight excluding hydrogens is 373 g/mol. The first-order valence-electron chi connectivity index (χ1n) is 9.25. The molecule has 1 aromatic heterocycles. The summed E-state index contributed by atoms with van der Waals surface area (Å²) < 4.78 is 14.1. The first kappa shape index (κ1) is 20.1. The number of nitrogens with zero attached hydrogens (tertiary/aromatic N) is 4. The van der Waals surface area contributed by atoms with Crippen molar-refractivity contribution in [3.63, 3.8) is 0 Å². The van der Waals surface area contributed by atoms with Crippen molar-refractivity contribution in [3.8, 4) is 6.07 Å². The van der Waals surface area contributed by atoms with E-state index in [1.54, 1.807) is 29.2 Å². The molecule has 1 aliphatic rings. The molecule has 0 aliphatic carbocycles. The van der Waals surface area contributed by atoms with Crippen molar-refractivity contribution in [3.05, 3.63) is 47.5 Å². The molecule has 0 fully saturated rings. The van der Waals surface area contributed by atoms with Crippen LogP contribution in [0.15, 0.2) is 30.6 Å². The Balaban J connectivity index is 1.99. The normalized spacial score (nSPS) is 17.0. The van der Waals surface area contributed by atoms with Crippen molar-refractivity contribution in [1.82, 2.24) is 14.9 Å². The van der Waals surface area contributed by atoms with Crippen LogP contribution in [-0.2, 0) is 4.79 Å². The van der Waals surface area contributed by atoms with Gasteiger partial charge in [-0.15, -0.1) is 0 Å². The Bertz CT molecular complexity index is 997. The standard InChI is InChI=1S/C20H22FN7O/c1-3-28(4-2)19(29)20(9-8-13-15(21)6-5-7-16(13)27-20)11-24-18-14(10-22)17(23)25-12-26-18/h5-9,12,27H,3-4,11H2,1-2H3,(H3,23,24,25,26). The van der Waals surface area contributed by atoms with Gasteiger partial charge in [-0.3, -0.25) is 4.79 Å². The average molecular weight is 395 g/mol. The molecule has 3 rings (SSSR count). The van der Waals surface area contributed by atoms with E-state index in [1.807, 2.05) is 19.9 Å². The lowest BCUT2D eigenvalue weighted by molar-refractivity contribution is -0.133. The number of hydrogen-bond acceptors (Lipinski definition) is 7. The maximum atomic E-state index is 14.1. The van der Waals surface area contributed by atoms with Crippen LogP contribution in [0.2, 0.25) is 0 Å². The molecule has 0 radical (unpaired) electrons. The molecule has 2 heterocycles. The van der Waals surface area contributed by atoms with E-state index in [1.165, 1.54) is 12.4 Å². The van der Waals surface area contributed by atoms with Crippen LogP contribution < -0.4 is 16.4 Å². The molecule has 2 aromatic rings. The monoisotopic (exact) mass is 395 g/mol. The lowest BCUT2D eigenvalue weighted by Gasteiger charge is -2.38. The number of nitrogens with two attached hydrogens (primary N) is 1. The number of likely N-dealkylation sites (N-methyl/N-ethyl adjacent to an activating group) is 1. The third kappa shape index (κ3) is 3.69. The Kier molecular flexibility index (Phi) is 5.64. The number of carbonyl (C=O) groups excluding carboxylic acids is 1. The van der Waals surface area contributed by atoms with Gasteiger partial charge >= 0.3 is 0 Å². The van der Waals surface area contributed by atoms with Crippen molar-refractivity contribution in [1.29, 1.82) is 5.26 Å². The number of nitrogens with one attached hydrogen (secondary N) is 2. The molecule has 0 spiro atoms. The summed E-state index contributed by atoms with van der Waals surface area (Å²) in [6, 6.07) is 6.63. The van der Waals surface area contributed by atoms with Crippen LogP contribution in [-0.4, -0.2) is 45.9 Å². The maximum Gasteiger partial charge on any atom is 0.254 e. The van der Waals surface area contributed by atoms with Gasteiger partial charge in [0.1, 0.15) is 35.4 Å². The van der Waals surface area contributed by atoms with Crippen LogP contribution in [0.1, 0.15) is 25.0 Å². The molecule has 1 aromatic carbocycles. The van der Waals surface area contributed by atoms with Crippen LogP contribution in [0, 0.1) is 17.1 Å². The third-order valence-electron chi connectivity index (χ3n) is 4.90. The van der Waals surface area contributed by atoms with Crippen LogP contribution in [0.25, 0.3) is 6.08 Å². The van der Waals surface area contributed by atoms with Crippen molar-refractivity contribution < 1.29 is 9.18 Å². The number of benzene rings is 1. The van der Waals surface area contributed by atoms with E-state index < -0.39 is 5.54 Å².